The lowest BCUT2D eigenvalue weighted by atomic mass is 15.8. The summed E-state index contributed by atoms with van der Waals surface area (Å²) in [5, 5.41) is 0. The molecule has 21 N–H and O–H groups in total. The summed E-state index contributed by atoms with van der Waals surface area (Å²) in [6, 6.07) is 0. The summed E-state index contributed by atoms with van der Waals surface area (Å²) >= 11 is 0. The molecule has 25 heteroatoms. The Bertz CT molecular complexity index is 94.2. The molecule has 0 aliphatic rings. The first kappa shape index (κ1) is 97.7. The molecule has 21 nitrogen and oxygen atoms in total. The van der Waals surface area contributed by atoms with Crippen molar-refractivity contribution in [2.45, 2.75) is 0 Å². The third-order valence-corrected chi connectivity index (χ3v) is 0. The molecule has 0 aliphatic carbocycles. The SMILES string of the molecule is O.O.O.O.O.O.O.O.O.[Al].[O-][Cl+3]([O-])([O-])O.[O-][Cl+3]([O-])([O-])O.[O-][Cl+3]([O-])([O-])O. The van der Waals surface area contributed by atoms with Gasteiger partial charge < -0.3 is 49.3 Å². The fraction of sp³-hybridized carbons (Fsp3) is 0. The van der Waals surface area contributed by atoms with Crippen molar-refractivity contribution in [2.75, 3.05) is 0 Å². The fourth-order valence-corrected chi connectivity index (χ4v) is 0. The van der Waals surface area contributed by atoms with Gasteiger partial charge in [-0.1, -0.05) is 0 Å². The standard InChI is InChI=1S/Al.3ClHO4.9H2O/c;3*2-1(3,4)5;;;;;;;;;/h;3*(H,2,3,4,5);9*1H2. The second kappa shape index (κ2) is 39.6. The van der Waals surface area contributed by atoms with Crippen LogP contribution < -0.4 is 41.9 Å². The minimum atomic E-state index is -4.69. The molecule has 0 aromatic rings. The van der Waals surface area contributed by atoms with Gasteiger partial charge in [-0.3, -0.25) is 0 Å². The largest absolute Gasteiger partial charge is 0.412 e. The van der Waals surface area contributed by atoms with E-state index in [1.807, 2.05) is 0 Å². The molecule has 0 rings (SSSR count). The van der Waals surface area contributed by atoms with Crippen molar-refractivity contribution in [1.29, 1.82) is 0 Å². The maximum atomic E-state index is 8.60. The molecule has 0 saturated carbocycles. The first-order chi connectivity index (χ1) is 6.00. The smallest absolute Gasteiger partial charge is 0.0777 e. The molecule has 0 aromatic heterocycles. The molecule has 0 fully saturated rings. The van der Waals surface area contributed by atoms with E-state index in [0.717, 1.165) is 0 Å². The molecule has 0 amide bonds. The first-order valence-corrected chi connectivity index (χ1v) is 5.69. The van der Waals surface area contributed by atoms with Gasteiger partial charge in [0.2, 0.25) is 0 Å². The van der Waals surface area contributed by atoms with Crippen LogP contribution in [0.3, 0.4) is 0 Å². The van der Waals surface area contributed by atoms with E-state index in [-0.39, 0.29) is 66.6 Å². The van der Waals surface area contributed by atoms with Crippen molar-refractivity contribution in [3.63, 3.8) is 0 Å². The predicted molar refractivity (Wildman–Crippen MR) is 44.9 cm³/mol. The fourth-order valence-electron chi connectivity index (χ4n) is 0. The molecular weight excluding hydrogens is 469 g/mol. The van der Waals surface area contributed by atoms with Gasteiger partial charge in [-0.25, -0.2) is 0 Å². The molecule has 0 heterocycles. The molecular formula is H21AlCl3O21. The van der Waals surface area contributed by atoms with Gasteiger partial charge in [-0.15, -0.1) is 0 Å². The average Bonchev–Trinajstić information content (AvgIpc) is 1.41. The van der Waals surface area contributed by atoms with Gasteiger partial charge in [0.15, 0.2) is 0 Å². The zero-order valence-corrected chi connectivity index (χ0v) is 14.6. The van der Waals surface area contributed by atoms with Crippen LogP contribution in [0.4, 0.5) is 0 Å². The summed E-state index contributed by atoms with van der Waals surface area (Å²) in [5.74, 6) is 0. The van der Waals surface area contributed by atoms with E-state index < -0.39 is 30.7 Å². The molecule has 0 aliphatic heterocycles. The van der Waals surface area contributed by atoms with E-state index in [2.05, 4.69) is 0 Å². The maximum Gasteiger partial charge on any atom is 0.0777 e. The molecule has 0 bridgehead atoms. The van der Waals surface area contributed by atoms with Crippen molar-refractivity contribution in [1.82, 2.24) is 0 Å². The van der Waals surface area contributed by atoms with E-state index in [1.54, 1.807) is 0 Å². The summed E-state index contributed by atoms with van der Waals surface area (Å²) in [6.45, 7) is 0. The molecule has 3 radical (unpaired) electrons. The second-order valence-corrected chi connectivity index (χ2v) is 3.56. The Morgan fingerprint density at radius 3 is 0.320 bits per heavy atom. The quantitative estimate of drug-likeness (QED) is 0.266. The normalized spacial score (nSPS) is 7.20. The minimum absolute atomic E-state index is 0. The van der Waals surface area contributed by atoms with Gasteiger partial charge in [0, 0.05) is 17.4 Å². The minimum Gasteiger partial charge on any atom is -0.412 e. The van der Waals surface area contributed by atoms with Crippen LogP contribution in [0, 0.1) is 30.7 Å². The van der Waals surface area contributed by atoms with Crippen LogP contribution in [0.25, 0.3) is 0 Å². The zero-order chi connectivity index (χ0) is 13.5. The highest BCUT2D eigenvalue weighted by Gasteiger charge is 1.99. The highest BCUT2D eigenvalue weighted by atomic mass is 35.7. The van der Waals surface area contributed by atoms with Gasteiger partial charge >= 0.3 is 0 Å². The molecule has 0 spiro atoms. The molecule has 0 unspecified atom stereocenters. The highest BCUT2D eigenvalue weighted by molar-refractivity contribution is 5.75. The Labute approximate surface area is 153 Å². The van der Waals surface area contributed by atoms with Crippen molar-refractivity contribution < 1.29 is 136 Å². The summed E-state index contributed by atoms with van der Waals surface area (Å²) in [6.07, 6.45) is 0. The van der Waals surface area contributed by atoms with Gasteiger partial charge in [0.05, 0.1) is 44.7 Å². The third kappa shape index (κ3) is 39500. The van der Waals surface area contributed by atoms with E-state index in [0.29, 0.717) is 0 Å². The monoisotopic (exact) mass is 489 g/mol. The molecule has 0 aromatic carbocycles. The molecule has 0 atom stereocenters. The van der Waals surface area contributed by atoms with Crippen LogP contribution >= 0.6 is 0 Å². The van der Waals surface area contributed by atoms with Gasteiger partial charge in [0.1, 0.15) is 0 Å². The second-order valence-electron chi connectivity index (χ2n) is 1.19. The first-order valence-electron chi connectivity index (χ1n) is 1.90. The Kier molecular flexibility index (Phi) is 155. The number of hydrogen-bond donors (Lipinski definition) is 3. The summed E-state index contributed by atoms with van der Waals surface area (Å²) in [5.41, 5.74) is 0. The topological polar surface area (TPSA) is 552 Å². The lowest BCUT2D eigenvalue weighted by molar-refractivity contribution is -1.92. The predicted octanol–water partition coefficient (Wildman–Crippen LogP) is -20.2. The van der Waals surface area contributed by atoms with E-state index in [4.69, 9.17) is 55.9 Å². The lowest BCUT2D eigenvalue weighted by Crippen LogP contribution is -2.58. The van der Waals surface area contributed by atoms with Crippen LogP contribution in [-0.4, -0.2) is 80.6 Å². The molecule has 171 valence electrons. The van der Waals surface area contributed by atoms with Crippen LogP contribution in [0.2, 0.25) is 0 Å². The van der Waals surface area contributed by atoms with Crippen molar-refractivity contribution in [3.8, 4) is 0 Å². The van der Waals surface area contributed by atoms with Crippen LogP contribution in [0.1, 0.15) is 0 Å². The van der Waals surface area contributed by atoms with Crippen molar-refractivity contribution in [2.24, 2.45) is 0 Å². The van der Waals surface area contributed by atoms with Gasteiger partial charge in [0.25, 0.3) is 0 Å². The Balaban J connectivity index is -0.00000000655. The van der Waals surface area contributed by atoms with E-state index in [9.17, 15) is 0 Å². The zero-order valence-electron chi connectivity index (χ0n) is 11.2. The van der Waals surface area contributed by atoms with E-state index in [1.165, 1.54) is 0 Å². The molecule has 0 saturated heterocycles. The Morgan fingerprint density at radius 2 is 0.320 bits per heavy atom. The third-order valence-electron chi connectivity index (χ3n) is 0. The van der Waals surface area contributed by atoms with Gasteiger partial charge in [-0.2, -0.15) is 41.9 Å². The Hall–Kier alpha value is 0.562. The number of halogens is 3. The number of hydrogen-bond acceptors (Lipinski definition) is 12. The van der Waals surface area contributed by atoms with Crippen LogP contribution in [-0.2, 0) is 0 Å². The van der Waals surface area contributed by atoms with Crippen LogP contribution in [0.5, 0.6) is 0 Å². The van der Waals surface area contributed by atoms with Crippen molar-refractivity contribution >= 4 is 17.4 Å². The van der Waals surface area contributed by atoms with Gasteiger partial charge in [-0.05, 0) is 0 Å². The Morgan fingerprint density at radius 1 is 0.320 bits per heavy atom. The number of rotatable bonds is 0. The van der Waals surface area contributed by atoms with Crippen LogP contribution in [0.15, 0.2) is 0 Å². The maximum absolute atomic E-state index is 8.60. The van der Waals surface area contributed by atoms with Crippen molar-refractivity contribution in [3.05, 3.63) is 0 Å². The van der Waals surface area contributed by atoms with E-state index >= 15 is 0 Å². The summed E-state index contributed by atoms with van der Waals surface area (Å²) in [7, 11) is -14.1. The molecule has 25 heavy (non-hydrogen) atoms. The lowest BCUT2D eigenvalue weighted by Gasteiger charge is -2.03. The average molecular weight is 490 g/mol. The highest BCUT2D eigenvalue weighted by Crippen LogP contribution is 1.61. The summed E-state index contributed by atoms with van der Waals surface area (Å²) < 4.78 is 98.2. The summed E-state index contributed by atoms with van der Waals surface area (Å²) in [4.78, 5) is 0.